The van der Waals surface area contributed by atoms with Gasteiger partial charge in [0.2, 0.25) is 17.7 Å². The van der Waals surface area contributed by atoms with Crippen molar-refractivity contribution in [3.63, 3.8) is 0 Å². The third-order valence-electron chi connectivity index (χ3n) is 6.89. The van der Waals surface area contributed by atoms with E-state index in [4.69, 9.17) is 0 Å². The van der Waals surface area contributed by atoms with E-state index in [1.165, 1.54) is 0 Å². The number of benzene rings is 2. The fraction of sp³-hybridized carbons (Fsp3) is 0.581. The molecule has 9 heteroatoms. The Kier molecular flexibility index (Phi) is 12.0. The number of halogens is 1. The number of aliphatic hydroxyl groups is 1. The molecule has 222 valence electrons. The van der Waals surface area contributed by atoms with Crippen LogP contribution in [0.15, 0.2) is 42.5 Å². The van der Waals surface area contributed by atoms with Gasteiger partial charge in [0, 0.05) is 38.0 Å². The molecule has 0 saturated carbocycles. The Morgan fingerprint density at radius 3 is 2.33 bits per heavy atom. The Hall–Kier alpha value is -2.68. The maximum Gasteiger partial charge on any atom is 0.243 e. The molecule has 1 fully saturated rings. The molecule has 3 amide bonds. The molecule has 0 radical (unpaired) electrons. The average molecular weight is 575 g/mol. The summed E-state index contributed by atoms with van der Waals surface area (Å²) in [7, 11) is 0. The lowest BCUT2D eigenvalue weighted by molar-refractivity contribution is -0.145. The second-order valence-electron chi connectivity index (χ2n) is 12.9. The molecular weight excluding hydrogens is 528 g/mol. The van der Waals surface area contributed by atoms with Gasteiger partial charge in [-0.3, -0.25) is 14.4 Å². The summed E-state index contributed by atoms with van der Waals surface area (Å²) in [6, 6.07) is 12.5. The maximum absolute atomic E-state index is 13.4. The summed E-state index contributed by atoms with van der Waals surface area (Å²) in [6.07, 6.45) is 0.842. The van der Waals surface area contributed by atoms with E-state index >= 15 is 0 Å². The number of carbonyl (C=O) groups is 3. The molecular formula is C31H47ClN4O4. The van der Waals surface area contributed by atoms with Crippen LogP contribution >= 0.6 is 12.4 Å². The van der Waals surface area contributed by atoms with Crippen molar-refractivity contribution in [3.05, 3.63) is 48.0 Å². The molecule has 1 aliphatic rings. The molecule has 4 N–H and O–H groups in total. The highest BCUT2D eigenvalue weighted by atomic mass is 35.5. The van der Waals surface area contributed by atoms with E-state index in [-0.39, 0.29) is 42.1 Å². The minimum atomic E-state index is -0.847. The first-order valence-corrected chi connectivity index (χ1v) is 14.0. The highest BCUT2D eigenvalue weighted by molar-refractivity contribution is 5.93. The van der Waals surface area contributed by atoms with Gasteiger partial charge in [-0.2, -0.15) is 0 Å². The van der Waals surface area contributed by atoms with E-state index in [0.29, 0.717) is 25.9 Å². The third kappa shape index (κ3) is 9.75. The molecule has 40 heavy (non-hydrogen) atoms. The van der Waals surface area contributed by atoms with Gasteiger partial charge >= 0.3 is 0 Å². The quantitative estimate of drug-likeness (QED) is 0.347. The standard InChI is InChI=1S/C31H46N4O4.ClH/c1-30(2,3)20-32-18-24(36)19-33-27(37)25(17-21-13-14-22-10-7-8-11-23(22)16-21)34-28(38)26-12-9-15-35(26)29(39)31(4,5)6;/h7-8,10-11,13-14,16,24-26,32,36H,9,12,15,17-20H2,1-6H3,(H,33,37)(H,34,38);1H/t24-,25-,26+;/m1./s1. The molecule has 3 rings (SSSR count). The molecule has 2 aromatic carbocycles. The van der Waals surface area contributed by atoms with Crippen molar-refractivity contribution in [2.75, 3.05) is 26.2 Å². The first kappa shape index (κ1) is 33.5. The van der Waals surface area contributed by atoms with Gasteiger partial charge in [-0.05, 0) is 34.6 Å². The lowest BCUT2D eigenvalue weighted by atomic mass is 9.94. The molecule has 0 unspecified atom stereocenters. The topological polar surface area (TPSA) is 111 Å². The van der Waals surface area contributed by atoms with Crippen molar-refractivity contribution in [3.8, 4) is 0 Å². The van der Waals surface area contributed by atoms with Crippen LogP contribution in [0.2, 0.25) is 0 Å². The van der Waals surface area contributed by atoms with Gasteiger partial charge in [0.05, 0.1) is 6.10 Å². The predicted octanol–water partition coefficient (Wildman–Crippen LogP) is 3.44. The monoisotopic (exact) mass is 574 g/mol. The zero-order chi connectivity index (χ0) is 28.8. The van der Waals surface area contributed by atoms with Gasteiger partial charge in [0.25, 0.3) is 0 Å². The molecule has 2 aromatic rings. The molecule has 0 aromatic heterocycles. The van der Waals surface area contributed by atoms with Crippen LogP contribution in [-0.2, 0) is 20.8 Å². The van der Waals surface area contributed by atoms with Crippen LogP contribution in [-0.4, -0.2) is 72.1 Å². The summed E-state index contributed by atoms with van der Waals surface area (Å²) in [4.78, 5) is 41.4. The molecule has 1 aliphatic heterocycles. The summed E-state index contributed by atoms with van der Waals surface area (Å²) in [5.41, 5.74) is 0.401. The Bertz CT molecular complexity index is 1160. The number of aliphatic hydroxyl groups excluding tert-OH is 1. The van der Waals surface area contributed by atoms with Crippen molar-refractivity contribution >= 4 is 40.9 Å². The van der Waals surface area contributed by atoms with Crippen LogP contribution in [0.3, 0.4) is 0 Å². The zero-order valence-corrected chi connectivity index (χ0v) is 25.6. The van der Waals surface area contributed by atoms with Crippen molar-refractivity contribution in [2.45, 2.75) is 79.0 Å². The zero-order valence-electron chi connectivity index (χ0n) is 24.8. The number of amides is 3. The summed E-state index contributed by atoms with van der Waals surface area (Å²) in [6.45, 7) is 13.6. The SMILES string of the molecule is CC(C)(C)CNC[C@@H](O)CNC(=O)[C@@H](Cc1ccc2ccccc2c1)NC(=O)[C@@H]1CCCN1C(=O)C(C)(C)C.Cl. The van der Waals surface area contributed by atoms with Crippen LogP contribution in [0.5, 0.6) is 0 Å². The van der Waals surface area contributed by atoms with Crippen molar-refractivity contribution < 1.29 is 19.5 Å². The number of hydrogen-bond donors (Lipinski definition) is 4. The van der Waals surface area contributed by atoms with E-state index in [1.807, 2.05) is 63.2 Å². The van der Waals surface area contributed by atoms with E-state index < -0.39 is 23.6 Å². The van der Waals surface area contributed by atoms with Crippen LogP contribution in [0.1, 0.15) is 59.9 Å². The third-order valence-corrected chi connectivity index (χ3v) is 6.89. The van der Waals surface area contributed by atoms with Gasteiger partial charge in [-0.1, -0.05) is 84.0 Å². The maximum atomic E-state index is 13.4. The first-order chi connectivity index (χ1) is 18.2. The van der Waals surface area contributed by atoms with Crippen molar-refractivity contribution in [1.82, 2.24) is 20.9 Å². The minimum absolute atomic E-state index is 0. The summed E-state index contributed by atoms with van der Waals surface area (Å²) >= 11 is 0. The van der Waals surface area contributed by atoms with Crippen molar-refractivity contribution in [2.24, 2.45) is 10.8 Å². The molecule has 0 bridgehead atoms. The molecule has 0 spiro atoms. The highest BCUT2D eigenvalue weighted by Gasteiger charge is 2.39. The Balaban J connectivity index is 0.00000560. The van der Waals surface area contributed by atoms with Gasteiger partial charge < -0.3 is 26.0 Å². The molecule has 1 saturated heterocycles. The fourth-order valence-electron chi connectivity index (χ4n) is 4.82. The van der Waals surface area contributed by atoms with Gasteiger partial charge in [-0.25, -0.2) is 0 Å². The lowest BCUT2D eigenvalue weighted by Gasteiger charge is -2.31. The van der Waals surface area contributed by atoms with Crippen molar-refractivity contribution in [1.29, 1.82) is 0 Å². The summed E-state index contributed by atoms with van der Waals surface area (Å²) < 4.78 is 0. The Morgan fingerprint density at radius 1 is 1.00 bits per heavy atom. The predicted molar refractivity (Wildman–Crippen MR) is 162 cm³/mol. The molecule has 1 heterocycles. The largest absolute Gasteiger partial charge is 0.390 e. The number of nitrogens with one attached hydrogen (secondary N) is 3. The Morgan fingerprint density at radius 2 is 1.68 bits per heavy atom. The molecule has 8 nitrogen and oxygen atoms in total. The minimum Gasteiger partial charge on any atom is -0.390 e. The number of nitrogens with zero attached hydrogens (tertiary/aromatic N) is 1. The van der Waals surface area contributed by atoms with E-state index in [0.717, 1.165) is 29.3 Å². The lowest BCUT2D eigenvalue weighted by Crippen LogP contribution is -2.55. The van der Waals surface area contributed by atoms with Gasteiger partial charge in [0.1, 0.15) is 12.1 Å². The van der Waals surface area contributed by atoms with E-state index in [2.05, 4.69) is 36.7 Å². The second kappa shape index (κ2) is 14.3. The summed E-state index contributed by atoms with van der Waals surface area (Å²) in [5.74, 6) is -0.752. The molecule has 3 atom stereocenters. The average Bonchev–Trinajstić information content (AvgIpc) is 3.35. The van der Waals surface area contributed by atoms with Crippen LogP contribution in [0.25, 0.3) is 10.8 Å². The normalized spacial score (nSPS) is 17.2. The number of fused-ring (bicyclic) bond motifs is 1. The van der Waals surface area contributed by atoms with E-state index in [1.54, 1.807) is 4.90 Å². The highest BCUT2D eigenvalue weighted by Crippen LogP contribution is 2.26. The van der Waals surface area contributed by atoms with Gasteiger partial charge in [0.15, 0.2) is 0 Å². The van der Waals surface area contributed by atoms with E-state index in [9.17, 15) is 19.5 Å². The number of rotatable bonds is 10. The number of hydrogen-bond acceptors (Lipinski definition) is 5. The second-order valence-corrected chi connectivity index (χ2v) is 12.9. The summed E-state index contributed by atoms with van der Waals surface area (Å²) in [5, 5.41) is 21.5. The fourth-order valence-corrected chi connectivity index (χ4v) is 4.82. The van der Waals surface area contributed by atoms with Crippen LogP contribution < -0.4 is 16.0 Å². The Labute approximate surface area is 245 Å². The number of carbonyl (C=O) groups excluding carboxylic acids is 3. The van der Waals surface area contributed by atoms with Gasteiger partial charge in [-0.15, -0.1) is 12.4 Å². The van der Waals surface area contributed by atoms with Crippen LogP contribution in [0, 0.1) is 10.8 Å². The van der Waals surface area contributed by atoms with Crippen LogP contribution in [0.4, 0.5) is 0 Å². The number of likely N-dealkylation sites (tertiary alicyclic amines) is 1. The molecule has 0 aliphatic carbocycles. The smallest absolute Gasteiger partial charge is 0.243 e. The first-order valence-electron chi connectivity index (χ1n) is 14.0.